The third-order valence-corrected chi connectivity index (χ3v) is 13.8. The fourth-order valence-electron chi connectivity index (χ4n) is 5.74. The Morgan fingerprint density at radius 2 is 0.493 bits per heavy atom. The monoisotopic (exact) mass is 1040 g/mol. The van der Waals surface area contributed by atoms with Gasteiger partial charge in [0.2, 0.25) is 29.5 Å². The number of hydrogen-bond acceptors (Lipinski definition) is 24. The zero-order valence-electron chi connectivity index (χ0n) is 39.6. The Morgan fingerprint density at radius 1 is 0.290 bits per heavy atom. The summed E-state index contributed by atoms with van der Waals surface area (Å²) in [5.41, 5.74) is 0. The lowest BCUT2D eigenvalue weighted by Gasteiger charge is -2.18. The lowest BCUT2D eigenvalue weighted by molar-refractivity contribution is 0.141. The molecule has 0 aliphatic heterocycles. The molecule has 3 aromatic carbocycles. The summed E-state index contributed by atoms with van der Waals surface area (Å²) in [5.74, 6) is -1.40. The van der Waals surface area contributed by atoms with E-state index in [-0.39, 0.29) is 131 Å². The van der Waals surface area contributed by atoms with E-state index in [2.05, 4.69) is 15.0 Å². The predicted molar refractivity (Wildman–Crippen MR) is 239 cm³/mol. The van der Waals surface area contributed by atoms with Crippen molar-refractivity contribution in [2.75, 3.05) is 143 Å². The molecule has 24 nitrogen and oxygen atoms in total. The zero-order chi connectivity index (χ0) is 50.6. The van der Waals surface area contributed by atoms with Crippen molar-refractivity contribution >= 4 is 29.5 Å². The largest absolute Gasteiger partial charge is 0.493 e. The van der Waals surface area contributed by atoms with Crippen LogP contribution in [0.2, 0.25) is 0 Å². The fourth-order valence-corrected chi connectivity index (χ4v) is 9.68. The second kappa shape index (κ2) is 27.0. The molecule has 4 rings (SSSR count). The normalized spacial score (nSPS) is 11.8. The van der Waals surface area contributed by atoms with Gasteiger partial charge in [0, 0.05) is 79.1 Å². The Hall–Kier alpha value is -5.52. The van der Waals surface area contributed by atoms with Gasteiger partial charge in [0.05, 0.1) is 61.0 Å². The summed E-state index contributed by atoms with van der Waals surface area (Å²) in [6, 6.07) is 6.63. The minimum absolute atomic E-state index is 0.00787. The minimum Gasteiger partial charge on any atom is -0.493 e. The zero-order valence-corrected chi connectivity index (χ0v) is 42.0. The number of ether oxygens (including phenoxy) is 15. The average Bonchev–Trinajstić information content (AvgIpc) is 3.34. The van der Waals surface area contributed by atoms with Gasteiger partial charge in [0.25, 0.3) is 15.5 Å². The molecule has 4 aromatic rings. The summed E-state index contributed by atoms with van der Waals surface area (Å²) in [5, 5.41) is -4.09. The standard InChI is InChI=1S/C42H57N3O21S3/c1-52-10-16-61-31-25-37(34(22-28(31)58-7)64-19-13-55-4)67(46,47)40-43-41(68(48,49)38-26-32(62-17-11-53-2)29(59-8)23-35(38)65-20-14-56-5)45-42(44-40)69(50,51)39-27-33(63-18-12-54-3)30(60-9)24-36(39)66-21-15-57-6/h22-27H,10-21H2,1-9H3. The molecule has 27 heteroatoms. The first-order valence-electron chi connectivity index (χ1n) is 20.5. The van der Waals surface area contributed by atoms with E-state index in [4.69, 9.17) is 71.1 Å². The van der Waals surface area contributed by atoms with E-state index in [1.54, 1.807) is 0 Å². The minimum atomic E-state index is -5.27. The van der Waals surface area contributed by atoms with Crippen LogP contribution in [-0.4, -0.2) is 183 Å². The van der Waals surface area contributed by atoms with E-state index in [1.165, 1.54) is 82.2 Å². The van der Waals surface area contributed by atoms with Crippen LogP contribution in [0.25, 0.3) is 0 Å². The number of benzene rings is 3. The topological polar surface area (TPSA) is 280 Å². The van der Waals surface area contributed by atoms with Crippen molar-refractivity contribution in [1.29, 1.82) is 0 Å². The van der Waals surface area contributed by atoms with Crippen molar-refractivity contribution in [3.05, 3.63) is 36.4 Å². The SMILES string of the molecule is COCCOc1cc(S(=O)(=O)c2nc(S(=O)(=O)c3cc(OCCOC)c(OC)cc3OCCOC)nc(S(=O)(=O)c3cc(OCCOC)c(OC)cc3OCCOC)n2)c(OCCOC)cc1OC. The van der Waals surface area contributed by atoms with Crippen LogP contribution < -0.4 is 42.6 Å². The van der Waals surface area contributed by atoms with Crippen LogP contribution in [0.4, 0.5) is 0 Å². The van der Waals surface area contributed by atoms with E-state index in [0.717, 1.165) is 18.2 Å². The smallest absolute Gasteiger partial charge is 0.257 e. The number of nitrogens with zero attached hydrogens (tertiary/aromatic N) is 3. The first-order valence-corrected chi connectivity index (χ1v) is 25.0. The third-order valence-electron chi connectivity index (χ3n) is 9.12. The Balaban J connectivity index is 2.17. The predicted octanol–water partition coefficient (Wildman–Crippen LogP) is 2.55. The van der Waals surface area contributed by atoms with Crippen LogP contribution in [0.5, 0.6) is 51.7 Å². The quantitative estimate of drug-likeness (QED) is 0.0620. The van der Waals surface area contributed by atoms with Gasteiger partial charge in [-0.05, 0) is 0 Å². The van der Waals surface area contributed by atoms with Crippen molar-refractivity contribution < 1.29 is 96.3 Å². The first kappa shape index (κ1) is 56.1. The molecule has 0 radical (unpaired) electrons. The maximum absolute atomic E-state index is 15.1. The molecule has 0 spiro atoms. The van der Waals surface area contributed by atoms with Crippen molar-refractivity contribution in [1.82, 2.24) is 15.0 Å². The van der Waals surface area contributed by atoms with Crippen molar-refractivity contribution in [3.8, 4) is 51.7 Å². The van der Waals surface area contributed by atoms with Crippen LogP contribution in [-0.2, 0) is 57.9 Å². The highest BCUT2D eigenvalue weighted by Gasteiger charge is 2.38. The lowest BCUT2D eigenvalue weighted by atomic mass is 10.3. The van der Waals surface area contributed by atoms with Gasteiger partial charge in [-0.3, -0.25) is 0 Å². The maximum Gasteiger partial charge on any atom is 0.257 e. The van der Waals surface area contributed by atoms with E-state index in [0.29, 0.717) is 0 Å². The number of aromatic nitrogens is 3. The molecule has 0 fully saturated rings. The van der Waals surface area contributed by atoms with E-state index in [9.17, 15) is 0 Å². The van der Waals surface area contributed by atoms with Crippen LogP contribution in [0, 0.1) is 0 Å². The van der Waals surface area contributed by atoms with Crippen LogP contribution >= 0.6 is 0 Å². The fraction of sp³-hybridized carbons (Fsp3) is 0.500. The van der Waals surface area contributed by atoms with Gasteiger partial charge >= 0.3 is 0 Å². The Labute approximate surface area is 401 Å². The van der Waals surface area contributed by atoms with E-state index >= 15 is 25.3 Å². The molecule has 0 aliphatic rings. The molecule has 0 amide bonds. The van der Waals surface area contributed by atoms with Gasteiger partial charge in [-0.1, -0.05) is 0 Å². The number of rotatable bonds is 33. The summed E-state index contributed by atoms with van der Waals surface area (Å²) in [4.78, 5) is 9.81. The van der Waals surface area contributed by atoms with Crippen molar-refractivity contribution in [2.45, 2.75) is 30.2 Å². The maximum atomic E-state index is 15.1. The molecule has 0 saturated heterocycles. The Kier molecular flexibility index (Phi) is 22.0. The summed E-state index contributed by atoms with van der Waals surface area (Å²) in [7, 11) is -3.49. The molecule has 0 N–H and O–H groups in total. The molecule has 0 bridgehead atoms. The van der Waals surface area contributed by atoms with Crippen molar-refractivity contribution in [2.24, 2.45) is 0 Å². The highest BCUT2D eigenvalue weighted by atomic mass is 32.2. The molecule has 69 heavy (non-hydrogen) atoms. The van der Waals surface area contributed by atoms with Gasteiger partial charge in [0.1, 0.15) is 71.6 Å². The molecule has 384 valence electrons. The average molecular weight is 1040 g/mol. The van der Waals surface area contributed by atoms with Gasteiger partial charge in [-0.25, -0.2) is 25.3 Å². The van der Waals surface area contributed by atoms with Crippen LogP contribution in [0.15, 0.2) is 66.6 Å². The second-order valence-electron chi connectivity index (χ2n) is 13.6. The van der Waals surface area contributed by atoms with Crippen LogP contribution in [0.1, 0.15) is 0 Å². The van der Waals surface area contributed by atoms with Crippen LogP contribution in [0.3, 0.4) is 0 Å². The van der Waals surface area contributed by atoms with Gasteiger partial charge in [-0.2, -0.15) is 15.0 Å². The summed E-state index contributed by atoms with van der Waals surface area (Å²) >= 11 is 0. The summed E-state index contributed by atoms with van der Waals surface area (Å²) < 4.78 is 172. The third kappa shape index (κ3) is 14.3. The molecule has 0 aliphatic carbocycles. The molecular weight excluding hydrogens is 979 g/mol. The van der Waals surface area contributed by atoms with Gasteiger partial charge in [-0.15, -0.1) is 0 Å². The molecule has 1 aromatic heterocycles. The van der Waals surface area contributed by atoms with Gasteiger partial charge in [0.15, 0.2) is 34.5 Å². The highest BCUT2D eigenvalue weighted by molar-refractivity contribution is 7.92. The molecular formula is C42H57N3O21S3. The first-order chi connectivity index (χ1) is 33.1. The van der Waals surface area contributed by atoms with Crippen molar-refractivity contribution in [3.63, 3.8) is 0 Å². The summed E-state index contributed by atoms with van der Waals surface area (Å²) in [6.45, 7) is -0.596. The lowest BCUT2D eigenvalue weighted by Crippen LogP contribution is -2.21. The molecule has 0 atom stereocenters. The number of sulfone groups is 3. The van der Waals surface area contributed by atoms with E-state index < -0.39 is 59.7 Å². The molecule has 0 saturated carbocycles. The number of methoxy groups -OCH3 is 9. The van der Waals surface area contributed by atoms with Gasteiger partial charge < -0.3 is 71.1 Å². The summed E-state index contributed by atoms with van der Waals surface area (Å²) in [6.07, 6.45) is 0. The Bertz CT molecular complexity index is 2340. The number of hydrogen-bond donors (Lipinski definition) is 0. The Morgan fingerprint density at radius 3 is 0.681 bits per heavy atom. The van der Waals surface area contributed by atoms with E-state index in [1.807, 2.05) is 0 Å². The molecule has 0 unspecified atom stereocenters. The molecule has 1 heterocycles. The highest BCUT2D eigenvalue weighted by Crippen LogP contribution is 2.43. The second-order valence-corrected chi connectivity index (χ2v) is 19.0.